The quantitative estimate of drug-likeness (QED) is 0.371. The Hall–Kier alpha value is -1.45. The Morgan fingerprint density at radius 2 is 1.82 bits per heavy atom. The number of nitrogens with two attached hydrogens (primary N) is 1. The van der Waals surface area contributed by atoms with Crippen molar-refractivity contribution in [2.24, 2.45) is 10.9 Å². The third kappa shape index (κ3) is 1.52. The van der Waals surface area contributed by atoms with Crippen molar-refractivity contribution >= 4 is 6.21 Å². The highest BCUT2D eigenvalue weighted by atomic mass is 19.1. The normalized spacial score (nSPS) is 10.7. The molecule has 0 saturated carbocycles. The van der Waals surface area contributed by atoms with Gasteiger partial charge in [-0.15, -0.1) is 0 Å². The number of benzene rings is 1. The van der Waals surface area contributed by atoms with Crippen LogP contribution in [0.2, 0.25) is 0 Å². The van der Waals surface area contributed by atoms with Crippen LogP contribution in [0.5, 0.6) is 0 Å². The summed E-state index contributed by atoms with van der Waals surface area (Å²) in [6.07, 6.45) is 0.935. The third-order valence-corrected chi connectivity index (χ3v) is 1.20. The molecule has 58 valence electrons. The zero-order valence-electron chi connectivity index (χ0n) is 5.59. The van der Waals surface area contributed by atoms with E-state index in [-0.39, 0.29) is 5.56 Å². The van der Waals surface area contributed by atoms with Gasteiger partial charge < -0.3 is 5.84 Å². The van der Waals surface area contributed by atoms with Gasteiger partial charge in [-0.2, -0.15) is 5.10 Å². The fourth-order valence-electron chi connectivity index (χ4n) is 0.709. The number of hydrazone groups is 1. The maximum atomic E-state index is 12.7. The zero-order valence-corrected chi connectivity index (χ0v) is 5.59. The monoisotopic (exact) mass is 156 g/mol. The lowest BCUT2D eigenvalue weighted by atomic mass is 10.2. The molecular formula is C7H6F2N2. The SMILES string of the molecule is NN=Cc1c(F)cccc1F. The lowest BCUT2D eigenvalue weighted by Gasteiger charge is -1.95. The molecule has 0 spiro atoms. The van der Waals surface area contributed by atoms with E-state index in [1.165, 1.54) is 6.07 Å². The van der Waals surface area contributed by atoms with Crippen LogP contribution in [0.25, 0.3) is 0 Å². The molecule has 0 saturated heterocycles. The van der Waals surface area contributed by atoms with E-state index in [0.29, 0.717) is 0 Å². The molecule has 0 aliphatic rings. The van der Waals surface area contributed by atoms with Crippen molar-refractivity contribution in [3.63, 3.8) is 0 Å². The van der Waals surface area contributed by atoms with Gasteiger partial charge in [0.05, 0.1) is 11.8 Å². The van der Waals surface area contributed by atoms with Crippen LogP contribution in [0.4, 0.5) is 8.78 Å². The highest BCUT2D eigenvalue weighted by Crippen LogP contribution is 2.08. The Morgan fingerprint density at radius 3 is 2.27 bits per heavy atom. The minimum atomic E-state index is -0.667. The van der Waals surface area contributed by atoms with Crippen molar-refractivity contribution in [1.82, 2.24) is 0 Å². The van der Waals surface area contributed by atoms with Crippen LogP contribution in [-0.2, 0) is 0 Å². The van der Waals surface area contributed by atoms with Crippen molar-refractivity contribution in [2.75, 3.05) is 0 Å². The molecule has 0 fully saturated rings. The summed E-state index contributed by atoms with van der Waals surface area (Å²) >= 11 is 0. The third-order valence-electron chi connectivity index (χ3n) is 1.20. The average molecular weight is 156 g/mol. The molecule has 0 aliphatic heterocycles. The van der Waals surface area contributed by atoms with Crippen LogP contribution in [0.3, 0.4) is 0 Å². The molecule has 11 heavy (non-hydrogen) atoms. The first-order valence-electron chi connectivity index (χ1n) is 2.93. The molecule has 4 heteroatoms. The first-order chi connectivity index (χ1) is 5.25. The Bertz CT molecular complexity index is 264. The molecule has 2 nitrogen and oxygen atoms in total. The van der Waals surface area contributed by atoms with Crippen LogP contribution in [0, 0.1) is 11.6 Å². The molecule has 0 aromatic heterocycles. The maximum Gasteiger partial charge on any atom is 0.134 e. The Morgan fingerprint density at radius 1 is 1.27 bits per heavy atom. The first kappa shape index (κ1) is 7.65. The average Bonchev–Trinajstić information content (AvgIpc) is 1.97. The summed E-state index contributed by atoms with van der Waals surface area (Å²) in [6.45, 7) is 0. The molecule has 0 heterocycles. The molecule has 1 rings (SSSR count). The molecule has 0 bridgehead atoms. The highest BCUT2D eigenvalue weighted by molar-refractivity contribution is 5.79. The van der Waals surface area contributed by atoms with Gasteiger partial charge in [-0.05, 0) is 12.1 Å². The molecule has 0 radical (unpaired) electrons. The van der Waals surface area contributed by atoms with Crippen molar-refractivity contribution in [2.45, 2.75) is 0 Å². The second kappa shape index (κ2) is 3.09. The first-order valence-corrected chi connectivity index (χ1v) is 2.93. The number of hydrogen-bond acceptors (Lipinski definition) is 2. The molecule has 0 atom stereocenters. The Balaban J connectivity index is 3.20. The lowest BCUT2D eigenvalue weighted by Crippen LogP contribution is -1.95. The van der Waals surface area contributed by atoms with E-state index in [1.807, 2.05) is 0 Å². The fraction of sp³-hybridized carbons (Fsp3) is 0. The molecule has 1 aromatic rings. The zero-order chi connectivity index (χ0) is 8.27. The summed E-state index contributed by atoms with van der Waals surface area (Å²) in [5, 5.41) is 3.02. The predicted octanol–water partition coefficient (Wildman–Crippen LogP) is 1.26. The van der Waals surface area contributed by atoms with Crippen molar-refractivity contribution in [3.8, 4) is 0 Å². The number of rotatable bonds is 1. The van der Waals surface area contributed by atoms with Crippen molar-refractivity contribution < 1.29 is 8.78 Å². The number of nitrogens with zero attached hydrogens (tertiary/aromatic N) is 1. The largest absolute Gasteiger partial charge is 0.323 e. The summed E-state index contributed by atoms with van der Waals surface area (Å²) in [5.74, 6) is 3.40. The smallest absolute Gasteiger partial charge is 0.134 e. The van der Waals surface area contributed by atoms with Gasteiger partial charge >= 0.3 is 0 Å². The van der Waals surface area contributed by atoms with Gasteiger partial charge in [-0.25, -0.2) is 8.78 Å². The van der Waals surface area contributed by atoms with E-state index in [1.54, 1.807) is 0 Å². The summed E-state index contributed by atoms with van der Waals surface area (Å²) in [5.41, 5.74) is -0.213. The molecule has 0 unspecified atom stereocenters. The number of halogens is 2. The number of hydrogen-bond donors (Lipinski definition) is 1. The van der Waals surface area contributed by atoms with E-state index >= 15 is 0 Å². The second-order valence-corrected chi connectivity index (χ2v) is 1.91. The van der Waals surface area contributed by atoms with E-state index in [9.17, 15) is 8.78 Å². The molecular weight excluding hydrogens is 150 g/mol. The van der Waals surface area contributed by atoms with Crippen molar-refractivity contribution in [3.05, 3.63) is 35.4 Å². The lowest BCUT2D eigenvalue weighted by molar-refractivity contribution is 0.580. The van der Waals surface area contributed by atoms with Gasteiger partial charge in [0, 0.05) is 0 Å². The summed E-state index contributed by atoms with van der Waals surface area (Å²) in [7, 11) is 0. The predicted molar refractivity (Wildman–Crippen MR) is 38.1 cm³/mol. The van der Waals surface area contributed by atoms with E-state index < -0.39 is 11.6 Å². The van der Waals surface area contributed by atoms with Gasteiger partial charge in [-0.3, -0.25) is 0 Å². The summed E-state index contributed by atoms with van der Waals surface area (Å²) < 4.78 is 25.3. The van der Waals surface area contributed by atoms with Gasteiger partial charge in [0.2, 0.25) is 0 Å². The van der Waals surface area contributed by atoms with E-state index in [4.69, 9.17) is 5.84 Å². The van der Waals surface area contributed by atoms with Crippen LogP contribution in [0.15, 0.2) is 23.3 Å². The van der Waals surface area contributed by atoms with Crippen LogP contribution < -0.4 is 5.84 Å². The van der Waals surface area contributed by atoms with E-state index in [2.05, 4.69) is 5.10 Å². The Labute approximate surface area is 62.3 Å². The van der Waals surface area contributed by atoms with Crippen LogP contribution in [-0.4, -0.2) is 6.21 Å². The topological polar surface area (TPSA) is 38.4 Å². The molecule has 0 amide bonds. The van der Waals surface area contributed by atoms with Crippen molar-refractivity contribution in [1.29, 1.82) is 0 Å². The van der Waals surface area contributed by atoms with Gasteiger partial charge in [-0.1, -0.05) is 6.07 Å². The summed E-state index contributed by atoms with van der Waals surface area (Å²) in [4.78, 5) is 0. The van der Waals surface area contributed by atoms with Gasteiger partial charge in [0.25, 0.3) is 0 Å². The standard InChI is InChI=1S/C7H6F2N2/c8-6-2-1-3-7(9)5(6)4-11-10/h1-4H,10H2. The Kier molecular flexibility index (Phi) is 2.15. The molecule has 0 aliphatic carbocycles. The second-order valence-electron chi connectivity index (χ2n) is 1.91. The summed E-state index contributed by atoms with van der Waals surface area (Å²) in [6, 6.07) is 3.55. The molecule has 2 N–H and O–H groups in total. The van der Waals surface area contributed by atoms with Gasteiger partial charge in [0.15, 0.2) is 0 Å². The highest BCUT2D eigenvalue weighted by Gasteiger charge is 2.03. The van der Waals surface area contributed by atoms with Crippen LogP contribution >= 0.6 is 0 Å². The minimum absolute atomic E-state index is 0.213. The fourth-order valence-corrected chi connectivity index (χ4v) is 0.709. The maximum absolute atomic E-state index is 12.7. The minimum Gasteiger partial charge on any atom is -0.323 e. The molecule has 1 aromatic carbocycles. The van der Waals surface area contributed by atoms with Crippen LogP contribution in [0.1, 0.15) is 5.56 Å². The van der Waals surface area contributed by atoms with Gasteiger partial charge in [0.1, 0.15) is 11.6 Å². The van der Waals surface area contributed by atoms with E-state index in [0.717, 1.165) is 18.3 Å².